The van der Waals surface area contributed by atoms with Gasteiger partial charge < -0.3 is 8.98 Å². The molecule has 52 heavy (non-hydrogen) atoms. The summed E-state index contributed by atoms with van der Waals surface area (Å²) in [6, 6.07) is 43.0. The Balaban J connectivity index is 1.09. The van der Waals surface area contributed by atoms with Crippen molar-refractivity contribution in [3.63, 3.8) is 0 Å². The lowest BCUT2D eigenvalue weighted by Gasteiger charge is -2.16. The second-order valence-corrected chi connectivity index (χ2v) is 13.9. The first kappa shape index (κ1) is 29.2. The van der Waals surface area contributed by atoms with Gasteiger partial charge in [-0.15, -0.1) is 0 Å². The zero-order valence-electron chi connectivity index (χ0n) is 28.5. The Morgan fingerprint density at radius 2 is 1.38 bits per heavy atom. The number of rotatable bonds is 4. The molecule has 3 aromatic heterocycles. The summed E-state index contributed by atoms with van der Waals surface area (Å²) in [6.07, 6.45) is 15.6. The second kappa shape index (κ2) is 11.5. The van der Waals surface area contributed by atoms with Crippen molar-refractivity contribution in [2.45, 2.75) is 25.7 Å². The van der Waals surface area contributed by atoms with Crippen molar-refractivity contribution < 1.29 is 4.42 Å². The van der Waals surface area contributed by atoms with Crippen molar-refractivity contribution in [3.8, 4) is 28.3 Å². The summed E-state index contributed by atoms with van der Waals surface area (Å²) in [6.45, 7) is 0. The summed E-state index contributed by atoms with van der Waals surface area (Å²) < 4.78 is 8.93. The maximum Gasteiger partial charge on any atom is 0.160 e. The van der Waals surface area contributed by atoms with E-state index in [-0.39, 0.29) is 0 Å². The van der Waals surface area contributed by atoms with Gasteiger partial charge in [0.15, 0.2) is 5.82 Å². The molecule has 0 aliphatic heterocycles. The summed E-state index contributed by atoms with van der Waals surface area (Å²) in [4.78, 5) is 10.4. The number of nitrogens with zero attached hydrogens (tertiary/aromatic N) is 3. The Morgan fingerprint density at radius 1 is 0.615 bits per heavy atom. The van der Waals surface area contributed by atoms with Crippen LogP contribution in [0.15, 0.2) is 150 Å². The molecule has 246 valence electrons. The van der Waals surface area contributed by atoms with Gasteiger partial charge in [0.25, 0.3) is 0 Å². The van der Waals surface area contributed by atoms with Crippen LogP contribution >= 0.6 is 0 Å². The van der Waals surface area contributed by atoms with Gasteiger partial charge in [-0.25, -0.2) is 9.97 Å². The van der Waals surface area contributed by atoms with E-state index in [1.54, 1.807) is 0 Å². The molecule has 0 N–H and O–H groups in total. The Hall–Kier alpha value is -6.52. The number of allylic oxidation sites excluding steroid dienone is 5. The highest BCUT2D eigenvalue weighted by atomic mass is 16.3. The SMILES string of the molecule is C1=CCCC(c2cc3c(c4c(n3-c3ccc(-c5nc(-c6cccc7c6oc6ccccc67)c6ccccc6n5)cc3)C=CCC4)c3ccccc23)=C1. The van der Waals surface area contributed by atoms with Gasteiger partial charge in [-0.2, -0.15) is 0 Å². The minimum Gasteiger partial charge on any atom is -0.455 e. The van der Waals surface area contributed by atoms with E-state index >= 15 is 0 Å². The van der Waals surface area contributed by atoms with Crippen LogP contribution in [0.1, 0.15) is 36.1 Å². The minimum atomic E-state index is 0.693. The molecule has 2 aliphatic carbocycles. The van der Waals surface area contributed by atoms with Crippen LogP contribution in [0.5, 0.6) is 0 Å². The third kappa shape index (κ3) is 4.40. The molecule has 0 saturated heterocycles. The maximum atomic E-state index is 6.47. The highest BCUT2D eigenvalue weighted by Crippen LogP contribution is 2.43. The van der Waals surface area contributed by atoms with Crippen LogP contribution < -0.4 is 0 Å². The first-order valence-electron chi connectivity index (χ1n) is 18.2. The van der Waals surface area contributed by atoms with Crippen molar-refractivity contribution in [1.29, 1.82) is 0 Å². The van der Waals surface area contributed by atoms with Crippen molar-refractivity contribution in [2.24, 2.45) is 0 Å². The number of aryl methyl sites for hydroxylation is 1. The highest BCUT2D eigenvalue weighted by molar-refractivity contribution is 6.15. The lowest BCUT2D eigenvalue weighted by atomic mass is 9.89. The molecular formula is C48H33N3O. The van der Waals surface area contributed by atoms with Crippen molar-refractivity contribution >= 4 is 66.2 Å². The largest absolute Gasteiger partial charge is 0.455 e. The minimum absolute atomic E-state index is 0.693. The zero-order chi connectivity index (χ0) is 34.2. The number of para-hydroxylation sites is 3. The fourth-order valence-corrected chi connectivity index (χ4v) is 8.57. The Bertz CT molecular complexity index is 3010. The van der Waals surface area contributed by atoms with Crippen LogP contribution in [0.3, 0.4) is 0 Å². The molecule has 0 saturated carbocycles. The van der Waals surface area contributed by atoms with E-state index in [4.69, 9.17) is 14.4 Å². The van der Waals surface area contributed by atoms with Crippen LogP contribution in [-0.4, -0.2) is 14.5 Å². The quantitative estimate of drug-likeness (QED) is 0.188. The molecule has 11 rings (SSSR count). The summed E-state index contributed by atoms with van der Waals surface area (Å²) in [5, 5.41) is 7.24. The molecule has 0 unspecified atom stereocenters. The van der Waals surface area contributed by atoms with Crippen LogP contribution in [0, 0.1) is 0 Å². The van der Waals surface area contributed by atoms with E-state index < -0.39 is 0 Å². The first-order chi connectivity index (χ1) is 25.8. The van der Waals surface area contributed by atoms with Gasteiger partial charge in [0.05, 0.1) is 16.7 Å². The van der Waals surface area contributed by atoms with E-state index in [2.05, 4.69) is 138 Å². The van der Waals surface area contributed by atoms with E-state index in [1.807, 2.05) is 18.2 Å². The van der Waals surface area contributed by atoms with E-state index in [0.29, 0.717) is 5.82 Å². The van der Waals surface area contributed by atoms with E-state index in [9.17, 15) is 0 Å². The van der Waals surface area contributed by atoms with E-state index in [1.165, 1.54) is 44.1 Å². The summed E-state index contributed by atoms with van der Waals surface area (Å²) >= 11 is 0. The number of fused-ring (bicyclic) bond motifs is 9. The summed E-state index contributed by atoms with van der Waals surface area (Å²) in [5.74, 6) is 0.693. The maximum absolute atomic E-state index is 6.47. The topological polar surface area (TPSA) is 43.9 Å². The van der Waals surface area contributed by atoms with Gasteiger partial charge in [0, 0.05) is 44.1 Å². The van der Waals surface area contributed by atoms with Crippen LogP contribution in [0.4, 0.5) is 0 Å². The van der Waals surface area contributed by atoms with Crippen molar-refractivity contribution in [3.05, 3.63) is 162 Å². The van der Waals surface area contributed by atoms with Crippen molar-refractivity contribution in [2.75, 3.05) is 0 Å². The van der Waals surface area contributed by atoms with Gasteiger partial charge in [0.2, 0.25) is 0 Å². The third-order valence-electron chi connectivity index (χ3n) is 11.0. The number of hydrogen-bond acceptors (Lipinski definition) is 3. The van der Waals surface area contributed by atoms with Gasteiger partial charge in [-0.1, -0.05) is 97.1 Å². The molecule has 6 aromatic carbocycles. The van der Waals surface area contributed by atoms with Gasteiger partial charge >= 0.3 is 0 Å². The predicted octanol–water partition coefficient (Wildman–Crippen LogP) is 12.7. The molecular weight excluding hydrogens is 635 g/mol. The smallest absolute Gasteiger partial charge is 0.160 e. The number of hydrogen-bond donors (Lipinski definition) is 0. The molecule has 0 atom stereocenters. The lowest BCUT2D eigenvalue weighted by Crippen LogP contribution is -2.01. The van der Waals surface area contributed by atoms with Gasteiger partial charge in [-0.05, 0) is 108 Å². The molecule has 0 radical (unpaired) electrons. The monoisotopic (exact) mass is 667 g/mol. The Labute approximate surface area is 300 Å². The first-order valence-corrected chi connectivity index (χ1v) is 18.2. The zero-order valence-corrected chi connectivity index (χ0v) is 28.5. The highest BCUT2D eigenvalue weighted by Gasteiger charge is 2.23. The average Bonchev–Trinajstić information content (AvgIpc) is 3.77. The van der Waals surface area contributed by atoms with Crippen molar-refractivity contribution in [1.82, 2.24) is 14.5 Å². The normalized spacial score (nSPS) is 14.2. The van der Waals surface area contributed by atoms with Crippen LogP contribution in [0.25, 0.3) is 94.5 Å². The van der Waals surface area contributed by atoms with Gasteiger partial charge in [0.1, 0.15) is 11.2 Å². The molecule has 4 nitrogen and oxygen atoms in total. The summed E-state index contributed by atoms with van der Waals surface area (Å²) in [5.41, 5.74) is 13.3. The molecule has 2 aliphatic rings. The molecule has 0 fully saturated rings. The molecule has 0 amide bonds. The number of benzene rings is 6. The second-order valence-electron chi connectivity index (χ2n) is 13.9. The summed E-state index contributed by atoms with van der Waals surface area (Å²) in [7, 11) is 0. The van der Waals surface area contributed by atoms with Gasteiger partial charge in [-0.3, -0.25) is 0 Å². The Kier molecular flexibility index (Phi) is 6.47. The number of furan rings is 1. The fourth-order valence-electron chi connectivity index (χ4n) is 8.57. The van der Waals surface area contributed by atoms with Crippen LogP contribution in [0.2, 0.25) is 0 Å². The third-order valence-corrected chi connectivity index (χ3v) is 11.0. The number of aromatic nitrogens is 3. The van der Waals surface area contributed by atoms with Crippen LogP contribution in [-0.2, 0) is 6.42 Å². The van der Waals surface area contributed by atoms with E-state index in [0.717, 1.165) is 81.0 Å². The fraction of sp³-hybridized carbons (Fsp3) is 0.0833. The molecule has 0 bridgehead atoms. The molecule has 0 spiro atoms. The molecule has 9 aromatic rings. The molecule has 4 heteroatoms. The standard InChI is InChI=1S/C48H33N3O/c1-2-13-30(14-3-1)40-29-43-45(35-17-5-4-15-33(35)40)38-19-7-10-23-42(38)51(43)32-27-25-31(26-28-32)48-49-41-22-9-6-18-37(41)46(50-48)39-21-12-20-36-34-16-8-11-24-44(34)52-47(36)39/h1-2,4-6,8-13,15-18,20-29H,3,7,14,19H2. The predicted molar refractivity (Wildman–Crippen MR) is 216 cm³/mol. The lowest BCUT2D eigenvalue weighted by molar-refractivity contribution is 0.670. The molecule has 3 heterocycles. The Morgan fingerprint density at radius 3 is 2.25 bits per heavy atom. The average molecular weight is 668 g/mol.